The zero-order valence-electron chi connectivity index (χ0n) is 14.4. The summed E-state index contributed by atoms with van der Waals surface area (Å²) in [7, 11) is 0. The molecule has 6 nitrogen and oxygen atoms in total. The van der Waals surface area contributed by atoms with Gasteiger partial charge in [0.25, 0.3) is 0 Å². The molecule has 1 saturated heterocycles. The Hall–Kier alpha value is -2.45. The van der Waals surface area contributed by atoms with Crippen LogP contribution in [-0.2, 0) is 19.0 Å². The zero-order chi connectivity index (χ0) is 18.3. The number of fused-ring (bicyclic) bond motifs is 1. The quantitative estimate of drug-likeness (QED) is 0.816. The Morgan fingerprint density at radius 2 is 1.69 bits per heavy atom. The van der Waals surface area contributed by atoms with E-state index in [0.29, 0.717) is 26.2 Å². The predicted octanol–water partition coefficient (Wildman–Crippen LogP) is 2.41. The van der Waals surface area contributed by atoms with Gasteiger partial charge >= 0.3 is 6.18 Å². The first-order chi connectivity index (χ1) is 12.4. The van der Waals surface area contributed by atoms with Gasteiger partial charge in [-0.05, 0) is 32.3 Å². The van der Waals surface area contributed by atoms with Crippen LogP contribution >= 0.6 is 0 Å². The molecule has 0 N–H and O–H groups in total. The Morgan fingerprint density at radius 3 is 2.42 bits per heavy atom. The average molecular weight is 364 g/mol. The number of nitrogens with zero attached hydrogens (tertiary/aromatic N) is 6. The highest BCUT2D eigenvalue weighted by Crippen LogP contribution is 2.30. The predicted molar refractivity (Wildman–Crippen MR) is 90.3 cm³/mol. The normalized spacial score (nSPS) is 17.5. The van der Waals surface area contributed by atoms with Crippen LogP contribution < -0.4 is 9.80 Å². The molecule has 0 radical (unpaired) electrons. The van der Waals surface area contributed by atoms with E-state index in [1.807, 2.05) is 6.92 Å². The second kappa shape index (κ2) is 6.37. The van der Waals surface area contributed by atoms with E-state index in [1.165, 1.54) is 5.56 Å². The molecule has 0 saturated carbocycles. The summed E-state index contributed by atoms with van der Waals surface area (Å²) in [6.07, 6.45) is -0.221. The van der Waals surface area contributed by atoms with E-state index in [2.05, 4.69) is 24.8 Å². The van der Waals surface area contributed by atoms with E-state index in [1.54, 1.807) is 4.90 Å². The number of hydrogen-bond donors (Lipinski definition) is 0. The van der Waals surface area contributed by atoms with E-state index in [0.717, 1.165) is 48.9 Å². The molecule has 0 spiro atoms. The Kier molecular flexibility index (Phi) is 4.16. The summed E-state index contributed by atoms with van der Waals surface area (Å²) in [4.78, 5) is 20.8. The van der Waals surface area contributed by atoms with Crippen LogP contribution in [0.1, 0.15) is 29.2 Å². The molecule has 1 fully saturated rings. The zero-order valence-corrected chi connectivity index (χ0v) is 14.4. The van der Waals surface area contributed by atoms with Gasteiger partial charge in [0.15, 0.2) is 0 Å². The van der Waals surface area contributed by atoms with Crippen molar-refractivity contribution in [2.75, 3.05) is 36.0 Å². The summed E-state index contributed by atoms with van der Waals surface area (Å²) in [5.41, 5.74) is 1.45. The lowest BCUT2D eigenvalue weighted by Crippen LogP contribution is -2.48. The molecule has 2 aromatic rings. The lowest BCUT2D eigenvalue weighted by atomic mass is 10.2. The fourth-order valence-corrected chi connectivity index (χ4v) is 3.57. The summed E-state index contributed by atoms with van der Waals surface area (Å²) in [6.45, 7) is 4.35. The monoisotopic (exact) mass is 364 g/mol. The maximum absolute atomic E-state index is 12.9. The van der Waals surface area contributed by atoms with Gasteiger partial charge in [0.2, 0.25) is 5.95 Å². The summed E-state index contributed by atoms with van der Waals surface area (Å²) in [5, 5.41) is 0. The molecule has 0 bridgehead atoms. The molecule has 3 heterocycles. The van der Waals surface area contributed by atoms with Crippen molar-refractivity contribution in [1.82, 2.24) is 19.9 Å². The van der Waals surface area contributed by atoms with Gasteiger partial charge < -0.3 is 9.80 Å². The number of rotatable bonds is 2. The summed E-state index contributed by atoms with van der Waals surface area (Å²) < 4.78 is 38.6. The largest absolute Gasteiger partial charge is 0.433 e. The van der Waals surface area contributed by atoms with Crippen LogP contribution in [0.25, 0.3) is 0 Å². The Morgan fingerprint density at radius 1 is 0.962 bits per heavy atom. The SMILES string of the molecule is Cc1nc2c(c(N3CCN(c4nccc(C(F)(F)F)n4)CC3)n1)CCC2. The molecule has 0 unspecified atom stereocenters. The number of halogens is 3. The van der Waals surface area contributed by atoms with Crippen LogP contribution in [0.3, 0.4) is 0 Å². The van der Waals surface area contributed by atoms with Crippen molar-refractivity contribution in [1.29, 1.82) is 0 Å². The number of alkyl halides is 3. The first-order valence-electron chi connectivity index (χ1n) is 8.68. The van der Waals surface area contributed by atoms with Gasteiger partial charge in [-0.2, -0.15) is 13.2 Å². The molecule has 1 aliphatic heterocycles. The van der Waals surface area contributed by atoms with Crippen molar-refractivity contribution >= 4 is 11.8 Å². The molecule has 0 amide bonds. The van der Waals surface area contributed by atoms with Crippen LogP contribution in [0, 0.1) is 6.92 Å². The van der Waals surface area contributed by atoms with Crippen molar-refractivity contribution in [2.45, 2.75) is 32.4 Å². The van der Waals surface area contributed by atoms with Crippen LogP contribution in [0.2, 0.25) is 0 Å². The van der Waals surface area contributed by atoms with Gasteiger partial charge in [-0.15, -0.1) is 0 Å². The van der Waals surface area contributed by atoms with E-state index in [4.69, 9.17) is 0 Å². The second-order valence-electron chi connectivity index (χ2n) is 6.59. The Labute approximate surface area is 149 Å². The minimum atomic E-state index is -4.46. The highest BCUT2D eigenvalue weighted by Gasteiger charge is 2.33. The molecule has 0 atom stereocenters. The smallest absolute Gasteiger partial charge is 0.353 e. The molecule has 0 aromatic carbocycles. The van der Waals surface area contributed by atoms with Gasteiger partial charge in [-0.1, -0.05) is 0 Å². The van der Waals surface area contributed by atoms with Gasteiger partial charge in [0, 0.05) is 43.6 Å². The Balaban J connectivity index is 1.50. The lowest BCUT2D eigenvalue weighted by Gasteiger charge is -2.36. The third-order valence-corrected chi connectivity index (χ3v) is 4.82. The lowest BCUT2D eigenvalue weighted by molar-refractivity contribution is -0.141. The number of piperazine rings is 1. The van der Waals surface area contributed by atoms with Crippen LogP contribution in [0.5, 0.6) is 0 Å². The van der Waals surface area contributed by atoms with Crippen molar-refractivity contribution in [3.63, 3.8) is 0 Å². The van der Waals surface area contributed by atoms with Crippen LogP contribution in [0.4, 0.5) is 24.9 Å². The fourth-order valence-electron chi connectivity index (χ4n) is 3.57. The van der Waals surface area contributed by atoms with E-state index >= 15 is 0 Å². The summed E-state index contributed by atoms with van der Waals surface area (Å²) in [6, 6.07) is 0.896. The highest BCUT2D eigenvalue weighted by atomic mass is 19.4. The Bertz CT molecular complexity index is 815. The first kappa shape index (κ1) is 17.0. The third-order valence-electron chi connectivity index (χ3n) is 4.82. The van der Waals surface area contributed by atoms with E-state index in [-0.39, 0.29) is 5.95 Å². The first-order valence-corrected chi connectivity index (χ1v) is 8.68. The molecular weight excluding hydrogens is 345 g/mol. The van der Waals surface area contributed by atoms with Gasteiger partial charge in [-0.3, -0.25) is 0 Å². The third kappa shape index (κ3) is 3.17. The average Bonchev–Trinajstić information content (AvgIpc) is 3.09. The summed E-state index contributed by atoms with van der Waals surface area (Å²) in [5.74, 6) is 1.88. The molecule has 9 heteroatoms. The molecule has 4 rings (SSSR count). The van der Waals surface area contributed by atoms with Gasteiger partial charge in [0.05, 0.1) is 0 Å². The highest BCUT2D eigenvalue weighted by molar-refractivity contribution is 5.52. The van der Waals surface area contributed by atoms with E-state index < -0.39 is 11.9 Å². The van der Waals surface area contributed by atoms with Crippen LogP contribution in [0.15, 0.2) is 12.3 Å². The minimum absolute atomic E-state index is 0.128. The maximum atomic E-state index is 12.9. The molecule has 2 aromatic heterocycles. The van der Waals surface area contributed by atoms with E-state index in [9.17, 15) is 13.2 Å². The topological polar surface area (TPSA) is 58.0 Å². The molecule has 138 valence electrons. The van der Waals surface area contributed by atoms with Crippen LogP contribution in [-0.4, -0.2) is 46.1 Å². The standard InChI is InChI=1S/C17H19F3N6/c1-11-22-13-4-2-3-12(13)15(23-11)25-7-9-26(10-8-25)16-21-6-5-14(24-16)17(18,19)20/h5-6H,2-4,7-10H2,1H3. The second-order valence-corrected chi connectivity index (χ2v) is 6.59. The van der Waals surface area contributed by atoms with Crippen molar-refractivity contribution in [3.8, 4) is 0 Å². The number of aromatic nitrogens is 4. The molecule has 2 aliphatic rings. The maximum Gasteiger partial charge on any atom is 0.433 e. The minimum Gasteiger partial charge on any atom is -0.353 e. The summed E-state index contributed by atoms with van der Waals surface area (Å²) >= 11 is 0. The fraction of sp³-hybridized carbons (Fsp3) is 0.529. The molecule has 26 heavy (non-hydrogen) atoms. The molecular formula is C17H19F3N6. The van der Waals surface area contributed by atoms with Crippen molar-refractivity contribution < 1.29 is 13.2 Å². The molecule has 1 aliphatic carbocycles. The van der Waals surface area contributed by atoms with Gasteiger partial charge in [0.1, 0.15) is 17.3 Å². The van der Waals surface area contributed by atoms with Crippen molar-refractivity contribution in [3.05, 3.63) is 35.0 Å². The number of aryl methyl sites for hydroxylation is 2. The van der Waals surface area contributed by atoms with Crippen molar-refractivity contribution in [2.24, 2.45) is 0 Å². The van der Waals surface area contributed by atoms with Gasteiger partial charge in [-0.25, -0.2) is 19.9 Å². The number of hydrogen-bond acceptors (Lipinski definition) is 6. The number of anilines is 2.